The fourth-order valence-corrected chi connectivity index (χ4v) is 2.94. The normalized spacial score (nSPS) is 11.0. The quantitative estimate of drug-likeness (QED) is 0.795. The molecule has 3 heterocycles. The average Bonchev–Trinajstić information content (AvgIpc) is 3.10. The van der Waals surface area contributed by atoms with Crippen molar-refractivity contribution in [2.75, 3.05) is 0 Å². The first-order valence-corrected chi connectivity index (χ1v) is 7.89. The molecule has 3 aromatic heterocycles. The lowest BCUT2D eigenvalue weighted by molar-refractivity contribution is 0.0942. The van der Waals surface area contributed by atoms with Crippen LogP contribution >= 0.6 is 22.9 Å². The number of thiazole rings is 1. The van der Waals surface area contributed by atoms with Gasteiger partial charge in [0.25, 0.3) is 5.91 Å². The number of aromatic nitrogens is 3. The summed E-state index contributed by atoms with van der Waals surface area (Å²) < 4.78 is 15.4. The monoisotopic (exact) mass is 338 g/mol. The standard InChI is InChI=1S/C14H12ClFN4OS/c1-2-9-7-22-11(18-9)5-17-14(21)12-13(16)20-6-8(15)3-4-10(20)19-12/h3-4,6-7H,2,5H2,1H3,(H,17,21). The molecule has 1 N–H and O–H groups in total. The van der Waals surface area contributed by atoms with Crippen LogP contribution in [-0.2, 0) is 13.0 Å². The number of rotatable bonds is 4. The van der Waals surface area contributed by atoms with Crippen LogP contribution in [0.15, 0.2) is 23.7 Å². The van der Waals surface area contributed by atoms with E-state index >= 15 is 0 Å². The van der Waals surface area contributed by atoms with E-state index in [1.807, 2.05) is 12.3 Å². The number of pyridine rings is 1. The average molecular weight is 339 g/mol. The van der Waals surface area contributed by atoms with Crippen molar-refractivity contribution in [1.82, 2.24) is 19.7 Å². The minimum absolute atomic E-state index is 0.248. The Bertz CT molecular complexity index is 845. The van der Waals surface area contributed by atoms with Crippen LogP contribution in [0.25, 0.3) is 5.65 Å². The zero-order valence-electron chi connectivity index (χ0n) is 11.6. The van der Waals surface area contributed by atoms with Crippen molar-refractivity contribution < 1.29 is 9.18 Å². The lowest BCUT2D eigenvalue weighted by Gasteiger charge is -2.00. The van der Waals surface area contributed by atoms with E-state index in [4.69, 9.17) is 11.6 Å². The fraction of sp³-hybridized carbons (Fsp3) is 0.214. The highest BCUT2D eigenvalue weighted by molar-refractivity contribution is 7.09. The summed E-state index contributed by atoms with van der Waals surface area (Å²) in [6, 6.07) is 3.14. The fourth-order valence-electron chi connectivity index (χ4n) is 1.97. The van der Waals surface area contributed by atoms with Crippen LogP contribution in [-0.4, -0.2) is 20.3 Å². The number of amides is 1. The van der Waals surface area contributed by atoms with Crippen LogP contribution < -0.4 is 5.32 Å². The van der Waals surface area contributed by atoms with Gasteiger partial charge in [-0.3, -0.25) is 9.20 Å². The Kier molecular flexibility index (Phi) is 4.08. The SMILES string of the molecule is CCc1csc(CNC(=O)c2nc3ccc(Cl)cn3c2F)n1. The molecule has 3 aromatic rings. The summed E-state index contributed by atoms with van der Waals surface area (Å²) >= 11 is 7.27. The molecule has 0 aliphatic rings. The largest absolute Gasteiger partial charge is 0.344 e. The van der Waals surface area contributed by atoms with Crippen molar-refractivity contribution in [2.24, 2.45) is 0 Å². The molecule has 0 aromatic carbocycles. The van der Waals surface area contributed by atoms with E-state index in [2.05, 4.69) is 15.3 Å². The zero-order valence-corrected chi connectivity index (χ0v) is 13.2. The van der Waals surface area contributed by atoms with Crippen molar-refractivity contribution >= 4 is 34.5 Å². The number of hydrogen-bond acceptors (Lipinski definition) is 4. The van der Waals surface area contributed by atoms with Crippen molar-refractivity contribution in [1.29, 1.82) is 0 Å². The van der Waals surface area contributed by atoms with Crippen LogP contribution in [0.3, 0.4) is 0 Å². The second-order valence-corrected chi connectivity index (χ2v) is 5.97. The van der Waals surface area contributed by atoms with Gasteiger partial charge in [0, 0.05) is 11.6 Å². The predicted molar refractivity (Wildman–Crippen MR) is 82.8 cm³/mol. The van der Waals surface area contributed by atoms with Gasteiger partial charge in [-0.05, 0) is 18.6 Å². The number of fused-ring (bicyclic) bond motifs is 1. The molecule has 0 aliphatic heterocycles. The molecule has 22 heavy (non-hydrogen) atoms. The number of nitrogens with one attached hydrogen (secondary N) is 1. The summed E-state index contributed by atoms with van der Waals surface area (Å²) in [5, 5.41) is 5.71. The number of nitrogens with zero attached hydrogens (tertiary/aromatic N) is 3. The van der Waals surface area contributed by atoms with Crippen molar-refractivity contribution in [3.63, 3.8) is 0 Å². The van der Waals surface area contributed by atoms with Gasteiger partial charge in [0.15, 0.2) is 5.69 Å². The summed E-state index contributed by atoms with van der Waals surface area (Å²) in [5.74, 6) is -1.31. The third-order valence-electron chi connectivity index (χ3n) is 3.10. The van der Waals surface area contributed by atoms with Crippen molar-refractivity contribution in [2.45, 2.75) is 19.9 Å². The Morgan fingerprint density at radius 1 is 1.45 bits per heavy atom. The van der Waals surface area contributed by atoms with E-state index in [9.17, 15) is 9.18 Å². The van der Waals surface area contributed by atoms with Gasteiger partial charge >= 0.3 is 0 Å². The third-order valence-corrected chi connectivity index (χ3v) is 4.22. The van der Waals surface area contributed by atoms with Gasteiger partial charge in [0.05, 0.1) is 17.3 Å². The Morgan fingerprint density at radius 2 is 2.27 bits per heavy atom. The molecule has 114 valence electrons. The Labute approximate surface area is 134 Å². The molecule has 0 saturated heterocycles. The van der Waals surface area contributed by atoms with Gasteiger partial charge in [-0.2, -0.15) is 4.39 Å². The van der Waals surface area contributed by atoms with E-state index < -0.39 is 11.9 Å². The summed E-state index contributed by atoms with van der Waals surface area (Å²) in [6.07, 6.45) is 2.22. The van der Waals surface area contributed by atoms with E-state index in [0.717, 1.165) is 21.5 Å². The smallest absolute Gasteiger partial charge is 0.275 e. The summed E-state index contributed by atoms with van der Waals surface area (Å²) in [5.41, 5.74) is 1.05. The maximum absolute atomic E-state index is 14.2. The van der Waals surface area contributed by atoms with Gasteiger partial charge in [0.1, 0.15) is 10.7 Å². The van der Waals surface area contributed by atoms with E-state index in [1.165, 1.54) is 17.5 Å². The topological polar surface area (TPSA) is 59.3 Å². The Morgan fingerprint density at radius 3 is 3.00 bits per heavy atom. The number of halogens is 2. The first kappa shape index (κ1) is 14.9. The molecule has 0 unspecified atom stereocenters. The predicted octanol–water partition coefficient (Wildman–Crippen LogP) is 3.08. The number of carbonyl (C=O) groups is 1. The third kappa shape index (κ3) is 2.82. The second-order valence-electron chi connectivity index (χ2n) is 4.60. The van der Waals surface area contributed by atoms with Crippen molar-refractivity contribution in [3.05, 3.63) is 51.1 Å². The summed E-state index contributed by atoms with van der Waals surface area (Å²) in [4.78, 5) is 20.4. The first-order chi connectivity index (χ1) is 10.6. The van der Waals surface area contributed by atoms with Crippen LogP contribution in [0.4, 0.5) is 4.39 Å². The molecule has 3 rings (SSSR count). The Balaban J connectivity index is 1.78. The highest BCUT2D eigenvalue weighted by Crippen LogP contribution is 2.16. The van der Waals surface area contributed by atoms with Gasteiger partial charge in [-0.15, -0.1) is 11.3 Å². The minimum atomic E-state index is -0.733. The molecular weight excluding hydrogens is 327 g/mol. The molecule has 1 amide bonds. The molecule has 0 fully saturated rings. The van der Waals surface area contributed by atoms with Gasteiger partial charge in [-0.25, -0.2) is 9.97 Å². The lowest BCUT2D eigenvalue weighted by atomic mass is 10.4. The molecule has 0 radical (unpaired) electrons. The van der Waals surface area contributed by atoms with E-state index in [-0.39, 0.29) is 12.2 Å². The maximum atomic E-state index is 14.2. The van der Waals surface area contributed by atoms with Gasteiger partial charge < -0.3 is 5.32 Å². The molecular formula is C14H12ClFN4OS. The maximum Gasteiger partial charge on any atom is 0.275 e. The first-order valence-electron chi connectivity index (χ1n) is 6.63. The number of imidazole rings is 1. The number of aryl methyl sites for hydroxylation is 1. The van der Waals surface area contributed by atoms with Crippen LogP contribution in [0.1, 0.15) is 28.1 Å². The molecule has 5 nitrogen and oxygen atoms in total. The highest BCUT2D eigenvalue weighted by atomic mass is 35.5. The molecule has 0 aliphatic carbocycles. The van der Waals surface area contributed by atoms with Crippen LogP contribution in [0.5, 0.6) is 0 Å². The molecule has 0 bridgehead atoms. The zero-order chi connectivity index (χ0) is 15.7. The van der Waals surface area contributed by atoms with Crippen LogP contribution in [0, 0.1) is 5.95 Å². The summed E-state index contributed by atoms with van der Waals surface area (Å²) in [7, 11) is 0. The van der Waals surface area contributed by atoms with Gasteiger partial charge in [-0.1, -0.05) is 18.5 Å². The molecule has 0 saturated carbocycles. The molecule has 8 heteroatoms. The summed E-state index contributed by atoms with van der Waals surface area (Å²) in [6.45, 7) is 2.26. The van der Waals surface area contributed by atoms with E-state index in [1.54, 1.807) is 12.1 Å². The second kappa shape index (κ2) is 6.02. The highest BCUT2D eigenvalue weighted by Gasteiger charge is 2.19. The number of carbonyl (C=O) groups excluding carboxylic acids is 1. The lowest BCUT2D eigenvalue weighted by Crippen LogP contribution is -2.24. The molecule has 0 atom stereocenters. The number of hydrogen-bond donors (Lipinski definition) is 1. The van der Waals surface area contributed by atoms with E-state index in [0.29, 0.717) is 10.7 Å². The van der Waals surface area contributed by atoms with Crippen LogP contribution in [0.2, 0.25) is 5.02 Å². The molecule has 0 spiro atoms. The van der Waals surface area contributed by atoms with Gasteiger partial charge in [0.2, 0.25) is 5.95 Å². The minimum Gasteiger partial charge on any atom is -0.344 e. The Hall–Kier alpha value is -1.99. The van der Waals surface area contributed by atoms with Crippen molar-refractivity contribution in [3.8, 4) is 0 Å².